The Kier molecular flexibility index (Phi) is 4.41. The second-order valence-electron chi connectivity index (χ2n) is 2.49. The monoisotopic (exact) mass is 176 g/mol. The number of thiol groups is 1. The summed E-state index contributed by atoms with van der Waals surface area (Å²) in [6, 6.07) is 10.0. The summed E-state index contributed by atoms with van der Waals surface area (Å²) in [7, 11) is 0. The highest BCUT2D eigenvalue weighted by Gasteiger charge is 1.81. The molecule has 0 aliphatic rings. The van der Waals surface area contributed by atoms with Gasteiger partial charge in [-0.15, -0.1) is 0 Å². The van der Waals surface area contributed by atoms with Crippen LogP contribution in [0.3, 0.4) is 0 Å². The molecule has 0 atom stereocenters. The van der Waals surface area contributed by atoms with Crippen molar-refractivity contribution in [1.82, 2.24) is 0 Å². The van der Waals surface area contributed by atoms with Gasteiger partial charge in [-0.3, -0.25) is 0 Å². The van der Waals surface area contributed by atoms with Crippen LogP contribution >= 0.6 is 12.6 Å². The fourth-order valence-electron chi connectivity index (χ4n) is 0.853. The Hall–Kier alpha value is -0.870. The number of hydrogen-bond donors (Lipinski definition) is 1. The van der Waals surface area contributed by atoms with Crippen molar-refractivity contribution in [2.24, 2.45) is 0 Å². The van der Waals surface area contributed by atoms with Crippen molar-refractivity contribution in [3.8, 4) is 11.8 Å². The van der Waals surface area contributed by atoms with Crippen LogP contribution < -0.4 is 0 Å². The van der Waals surface area contributed by atoms with Crippen LogP contribution in [0.15, 0.2) is 30.3 Å². The average molecular weight is 176 g/mol. The van der Waals surface area contributed by atoms with Crippen molar-refractivity contribution in [1.29, 1.82) is 0 Å². The van der Waals surface area contributed by atoms with Crippen LogP contribution in [0.25, 0.3) is 0 Å². The first kappa shape index (κ1) is 9.22. The van der Waals surface area contributed by atoms with E-state index < -0.39 is 0 Å². The van der Waals surface area contributed by atoms with Crippen LogP contribution in [-0.2, 0) is 0 Å². The molecule has 0 aliphatic carbocycles. The molecule has 0 amide bonds. The normalized spacial score (nSPS) is 8.75. The van der Waals surface area contributed by atoms with Gasteiger partial charge in [0.2, 0.25) is 0 Å². The minimum atomic E-state index is 0.920. The molecule has 0 unspecified atom stereocenters. The molecular weight excluding hydrogens is 164 g/mol. The summed E-state index contributed by atoms with van der Waals surface area (Å²) in [6.07, 6.45) is 2.02. The van der Waals surface area contributed by atoms with Gasteiger partial charge in [0.25, 0.3) is 0 Å². The zero-order valence-corrected chi connectivity index (χ0v) is 7.85. The van der Waals surface area contributed by atoms with Gasteiger partial charge < -0.3 is 0 Å². The van der Waals surface area contributed by atoms with Crippen molar-refractivity contribution in [3.63, 3.8) is 0 Å². The maximum absolute atomic E-state index is 4.11. The summed E-state index contributed by atoms with van der Waals surface area (Å²) >= 11 is 4.11. The Bertz CT molecular complexity index is 266. The third-order valence-corrected chi connectivity index (χ3v) is 1.78. The maximum Gasteiger partial charge on any atom is 0.0245 e. The van der Waals surface area contributed by atoms with E-state index in [1.807, 2.05) is 30.3 Å². The van der Waals surface area contributed by atoms with Gasteiger partial charge in [0, 0.05) is 12.0 Å². The van der Waals surface area contributed by atoms with Gasteiger partial charge in [-0.2, -0.15) is 12.6 Å². The summed E-state index contributed by atoms with van der Waals surface area (Å²) in [6.45, 7) is 0. The number of hydrogen-bond acceptors (Lipinski definition) is 1. The fourth-order valence-corrected chi connectivity index (χ4v) is 1.01. The van der Waals surface area contributed by atoms with Gasteiger partial charge >= 0.3 is 0 Å². The van der Waals surface area contributed by atoms with Gasteiger partial charge in [-0.25, -0.2) is 0 Å². The molecule has 1 aromatic carbocycles. The Balaban J connectivity index is 2.44. The third kappa shape index (κ3) is 3.50. The van der Waals surface area contributed by atoms with Crippen molar-refractivity contribution >= 4 is 12.6 Å². The molecule has 12 heavy (non-hydrogen) atoms. The van der Waals surface area contributed by atoms with Crippen molar-refractivity contribution in [2.45, 2.75) is 12.8 Å². The Morgan fingerprint density at radius 1 is 1.17 bits per heavy atom. The lowest BCUT2D eigenvalue weighted by molar-refractivity contribution is 1.00. The van der Waals surface area contributed by atoms with Crippen molar-refractivity contribution in [3.05, 3.63) is 35.9 Å². The van der Waals surface area contributed by atoms with Crippen molar-refractivity contribution < 1.29 is 0 Å². The molecule has 62 valence electrons. The van der Waals surface area contributed by atoms with E-state index >= 15 is 0 Å². The van der Waals surface area contributed by atoms with E-state index in [1.165, 1.54) is 0 Å². The zero-order valence-electron chi connectivity index (χ0n) is 6.96. The SMILES string of the molecule is SCCCC#Cc1ccccc1. The molecule has 0 fully saturated rings. The van der Waals surface area contributed by atoms with Crippen molar-refractivity contribution in [2.75, 3.05) is 5.75 Å². The topological polar surface area (TPSA) is 0 Å². The fraction of sp³-hybridized carbons (Fsp3) is 0.273. The summed E-state index contributed by atoms with van der Waals surface area (Å²) < 4.78 is 0. The average Bonchev–Trinajstić information content (AvgIpc) is 2.14. The summed E-state index contributed by atoms with van der Waals surface area (Å²) in [4.78, 5) is 0. The van der Waals surface area contributed by atoms with E-state index in [2.05, 4.69) is 24.5 Å². The summed E-state index contributed by atoms with van der Waals surface area (Å²) in [5, 5.41) is 0. The predicted octanol–water partition coefficient (Wildman–Crippen LogP) is 2.75. The molecule has 0 aromatic heterocycles. The third-order valence-electron chi connectivity index (χ3n) is 1.47. The highest BCUT2D eigenvalue weighted by Crippen LogP contribution is 1.96. The van der Waals surface area contributed by atoms with Crippen LogP contribution in [0, 0.1) is 11.8 Å². The molecule has 0 saturated carbocycles. The van der Waals surface area contributed by atoms with Gasteiger partial charge in [0.1, 0.15) is 0 Å². The van der Waals surface area contributed by atoms with E-state index in [4.69, 9.17) is 0 Å². The zero-order chi connectivity index (χ0) is 8.65. The van der Waals surface area contributed by atoms with Gasteiger partial charge in [-0.05, 0) is 24.3 Å². The van der Waals surface area contributed by atoms with Crippen LogP contribution in [0.1, 0.15) is 18.4 Å². The van der Waals surface area contributed by atoms with Crippen LogP contribution in [0.2, 0.25) is 0 Å². The second kappa shape index (κ2) is 5.74. The highest BCUT2D eigenvalue weighted by molar-refractivity contribution is 7.80. The molecule has 1 heteroatoms. The molecule has 1 rings (SSSR count). The molecule has 0 radical (unpaired) electrons. The van der Waals surface area contributed by atoms with Gasteiger partial charge in [-0.1, -0.05) is 30.0 Å². The van der Waals surface area contributed by atoms with E-state index in [1.54, 1.807) is 0 Å². The molecule has 0 N–H and O–H groups in total. The molecule has 0 nitrogen and oxygen atoms in total. The Labute approximate surface area is 79.4 Å². The van der Waals surface area contributed by atoms with E-state index in [9.17, 15) is 0 Å². The first-order chi connectivity index (χ1) is 5.93. The number of unbranched alkanes of at least 4 members (excludes halogenated alkanes) is 1. The standard InChI is InChI=1S/C11H12S/c12-10-6-2-5-9-11-7-3-1-4-8-11/h1,3-4,7-8,12H,2,6,10H2. The molecule has 1 aromatic rings. The molecule has 0 saturated heterocycles. The lowest BCUT2D eigenvalue weighted by Gasteiger charge is -1.86. The molecular formula is C11H12S. The Morgan fingerprint density at radius 2 is 1.92 bits per heavy atom. The predicted molar refractivity (Wildman–Crippen MR) is 56.4 cm³/mol. The molecule has 0 aliphatic heterocycles. The Morgan fingerprint density at radius 3 is 2.58 bits per heavy atom. The minimum Gasteiger partial charge on any atom is -0.179 e. The lowest BCUT2D eigenvalue weighted by Crippen LogP contribution is -1.73. The second-order valence-corrected chi connectivity index (χ2v) is 2.94. The van der Waals surface area contributed by atoms with E-state index in [0.717, 1.165) is 24.2 Å². The number of rotatable bonds is 2. The lowest BCUT2D eigenvalue weighted by atomic mass is 10.2. The van der Waals surface area contributed by atoms with Crippen LogP contribution in [0.4, 0.5) is 0 Å². The quantitative estimate of drug-likeness (QED) is 0.400. The van der Waals surface area contributed by atoms with Crippen LogP contribution in [0.5, 0.6) is 0 Å². The van der Waals surface area contributed by atoms with E-state index in [0.29, 0.717) is 0 Å². The van der Waals surface area contributed by atoms with Gasteiger partial charge in [0.05, 0.1) is 0 Å². The maximum atomic E-state index is 4.11. The first-order valence-electron chi connectivity index (χ1n) is 4.08. The minimum absolute atomic E-state index is 0.920. The van der Waals surface area contributed by atoms with Crippen LogP contribution in [-0.4, -0.2) is 5.75 Å². The molecule has 0 spiro atoms. The summed E-state index contributed by atoms with van der Waals surface area (Å²) in [5.74, 6) is 7.12. The highest BCUT2D eigenvalue weighted by atomic mass is 32.1. The number of benzene rings is 1. The first-order valence-corrected chi connectivity index (χ1v) is 4.71. The smallest absolute Gasteiger partial charge is 0.0245 e. The van der Waals surface area contributed by atoms with E-state index in [-0.39, 0.29) is 0 Å². The molecule has 0 bridgehead atoms. The molecule has 0 heterocycles. The largest absolute Gasteiger partial charge is 0.179 e. The summed E-state index contributed by atoms with van der Waals surface area (Å²) in [5.41, 5.74) is 1.09. The van der Waals surface area contributed by atoms with Gasteiger partial charge in [0.15, 0.2) is 0 Å².